The van der Waals surface area contributed by atoms with Gasteiger partial charge in [-0.25, -0.2) is 19.4 Å². The van der Waals surface area contributed by atoms with E-state index in [0.29, 0.717) is 49.8 Å². The number of aromatic nitrogens is 4. The summed E-state index contributed by atoms with van der Waals surface area (Å²) < 4.78 is 45.5. The van der Waals surface area contributed by atoms with Crippen LogP contribution < -0.4 is 4.90 Å². The van der Waals surface area contributed by atoms with Crippen molar-refractivity contribution in [1.29, 1.82) is 0 Å². The van der Waals surface area contributed by atoms with Crippen molar-refractivity contribution in [2.24, 2.45) is 17.8 Å². The Morgan fingerprint density at radius 2 is 1.68 bits per heavy atom. The number of anilines is 1. The Morgan fingerprint density at radius 1 is 0.972 bits per heavy atom. The maximum Gasteiger partial charge on any atom is 0.416 e. The first-order valence-electron chi connectivity index (χ1n) is 25.3. The summed E-state index contributed by atoms with van der Waals surface area (Å²) in [5.74, 6) is -2.82. The molecule has 21 nitrogen and oxygen atoms in total. The Hall–Kier alpha value is -2.97. The number of aliphatic hydroxyl groups excluding tert-OH is 3. The third-order valence-corrected chi connectivity index (χ3v) is 16.5. The average molecular weight is 1030 g/mol. The number of aryl methyl sites for hydroxylation is 1. The van der Waals surface area contributed by atoms with Crippen LogP contribution in [0.5, 0.6) is 0 Å². The fourth-order valence-electron chi connectivity index (χ4n) is 11.1. The van der Waals surface area contributed by atoms with Crippen LogP contribution >= 0.6 is 11.3 Å². The summed E-state index contributed by atoms with van der Waals surface area (Å²) in [5.41, 5.74) is -3.01. The third-order valence-electron chi connectivity index (χ3n) is 15.5. The number of thiazole rings is 1. The smallest absolute Gasteiger partial charge is 0.416 e. The highest BCUT2D eigenvalue weighted by Crippen LogP contribution is 2.40. The van der Waals surface area contributed by atoms with Gasteiger partial charge in [-0.15, -0.1) is 16.4 Å². The molecule has 19 atom stereocenters. The lowest BCUT2D eigenvalue weighted by Gasteiger charge is -2.49. The quantitative estimate of drug-likeness (QED) is 0.181. The molecule has 2 aromatic rings. The van der Waals surface area contributed by atoms with Gasteiger partial charge in [-0.2, -0.15) is 0 Å². The summed E-state index contributed by atoms with van der Waals surface area (Å²) in [4.78, 5) is 37.0. The first-order chi connectivity index (χ1) is 33.2. The molecule has 2 aromatic heterocycles. The first kappa shape index (κ1) is 57.3. The standard InChI is InChI=1S/C49H83N7O14S/c1-15-36-49(11,63)40(58)31(7)54(13)21-26(2)19-47(9,62)42(29(5)39(30(6)43(60)68-36)69-37-20-48(10,64-14)41(59)32(8)66-37)70-44-38(57)35(18-28(4)65-44)53(12)17-16-33-22-55(52-51-33)23-34-24-56(46(61)67-34)45-50-27(3)25-71-45/h22,25-26,28-32,34-42,44,57-59,62-63H,15-21,23-24H2,1-14H3/t26-,28-,29+,30-,31-,32+,34?,35+,36-,37+,38-,39+,40-,41+,42-,44+,47-,48-,49-/m1/s1. The number of carbonyl (C=O) groups excluding carboxylic acids is 2. The van der Waals surface area contributed by atoms with E-state index >= 15 is 0 Å². The van der Waals surface area contributed by atoms with Crippen LogP contribution in [0.15, 0.2) is 11.6 Å². The minimum absolute atomic E-state index is 0.0935. The molecule has 4 aliphatic heterocycles. The van der Waals surface area contributed by atoms with Gasteiger partial charge in [0.2, 0.25) is 0 Å². The molecule has 6 heterocycles. The minimum Gasteiger partial charge on any atom is -0.459 e. The summed E-state index contributed by atoms with van der Waals surface area (Å²) in [6, 6.07) is -1.03. The Balaban J connectivity index is 1.24. The van der Waals surface area contributed by atoms with Gasteiger partial charge in [0, 0.05) is 62.6 Å². The number of aliphatic hydroxyl groups is 5. The van der Waals surface area contributed by atoms with Gasteiger partial charge in [-0.3, -0.25) is 4.79 Å². The molecule has 5 N–H and O–H groups in total. The van der Waals surface area contributed by atoms with E-state index in [0.717, 1.165) is 5.69 Å². The van der Waals surface area contributed by atoms with E-state index in [2.05, 4.69) is 15.3 Å². The van der Waals surface area contributed by atoms with Crippen LogP contribution in [0.3, 0.4) is 0 Å². The molecule has 0 saturated carbocycles. The number of cyclic esters (lactones) is 2. The number of likely N-dealkylation sites (N-methyl/N-ethyl adjacent to an activating group) is 2. The monoisotopic (exact) mass is 1030 g/mol. The van der Waals surface area contributed by atoms with E-state index in [1.165, 1.54) is 30.3 Å². The maximum absolute atomic E-state index is 14.5. The van der Waals surface area contributed by atoms with Gasteiger partial charge >= 0.3 is 12.1 Å². The van der Waals surface area contributed by atoms with E-state index < -0.39 is 114 Å². The van der Waals surface area contributed by atoms with Gasteiger partial charge in [-0.1, -0.05) is 26.0 Å². The third kappa shape index (κ3) is 13.1. The highest BCUT2D eigenvalue weighted by molar-refractivity contribution is 7.14. The lowest BCUT2D eigenvalue weighted by Crippen LogP contribution is -2.61. The van der Waals surface area contributed by atoms with Gasteiger partial charge in [0.25, 0.3) is 0 Å². The second-order valence-corrected chi connectivity index (χ2v) is 22.6. The second-order valence-electron chi connectivity index (χ2n) is 21.8. The number of hydrogen-bond donors (Lipinski definition) is 5. The summed E-state index contributed by atoms with van der Waals surface area (Å²) in [5, 5.41) is 70.8. The van der Waals surface area contributed by atoms with Crippen molar-refractivity contribution in [2.45, 2.75) is 211 Å². The van der Waals surface area contributed by atoms with Crippen molar-refractivity contribution in [3.63, 3.8) is 0 Å². The highest BCUT2D eigenvalue weighted by atomic mass is 32.1. The van der Waals surface area contributed by atoms with E-state index in [9.17, 15) is 35.1 Å². The predicted octanol–water partition coefficient (Wildman–Crippen LogP) is 2.90. The molecule has 1 unspecified atom stereocenters. The topological polar surface area (TPSA) is 253 Å². The van der Waals surface area contributed by atoms with Gasteiger partial charge < -0.3 is 68.5 Å². The number of rotatable bonds is 13. The fourth-order valence-corrected chi connectivity index (χ4v) is 11.9. The zero-order chi connectivity index (χ0) is 52.5. The van der Waals surface area contributed by atoms with E-state index in [1.807, 2.05) is 63.2 Å². The molecule has 0 radical (unpaired) electrons. The molecule has 1 amide bonds. The molecular formula is C49H83N7O14S. The van der Waals surface area contributed by atoms with E-state index in [4.69, 9.17) is 33.2 Å². The molecule has 0 aromatic carbocycles. The zero-order valence-corrected chi connectivity index (χ0v) is 45.0. The number of ether oxygens (including phenoxy) is 7. The SMILES string of the molecule is CC[C@H]1OC(=O)[C@H](C)[C@@H](O[C@H]2C[C@@](C)(OC)[C@@H](O)[C@H](C)O2)[C@H](C)[C@@H](O[C@@H]2O[C@H](C)C[C@H](N(C)CCc3cn(CC4CN(c5nc(C)cs5)C(=O)O4)nn3)[C@H]2O)[C@](C)(O)C[C@@H](C)CN(C)[C@H](C)[C@@H](O)[C@]1(C)O. The van der Waals surface area contributed by atoms with Gasteiger partial charge in [0.15, 0.2) is 17.7 Å². The number of hydrogen-bond acceptors (Lipinski definition) is 20. The molecule has 0 bridgehead atoms. The molecule has 4 aliphatic rings. The van der Waals surface area contributed by atoms with Crippen molar-refractivity contribution in [2.75, 3.05) is 45.7 Å². The Morgan fingerprint density at radius 3 is 2.32 bits per heavy atom. The minimum atomic E-state index is -1.84. The molecule has 0 spiro atoms. The molecule has 404 valence electrons. The molecule has 71 heavy (non-hydrogen) atoms. The van der Waals surface area contributed by atoms with Gasteiger partial charge in [-0.05, 0) is 94.7 Å². The Kier molecular flexibility index (Phi) is 18.8. The summed E-state index contributed by atoms with van der Waals surface area (Å²) in [6.07, 6.45) is -7.78. The van der Waals surface area contributed by atoms with Crippen molar-refractivity contribution in [3.05, 3.63) is 23.0 Å². The first-order valence-corrected chi connectivity index (χ1v) is 26.1. The number of esters is 1. The molecule has 4 fully saturated rings. The van der Waals surface area contributed by atoms with E-state index in [-0.39, 0.29) is 31.3 Å². The van der Waals surface area contributed by atoms with Crippen LogP contribution in [0.2, 0.25) is 0 Å². The normalized spacial score (nSPS) is 41.7. The van der Waals surface area contributed by atoms with Crippen molar-refractivity contribution in [1.82, 2.24) is 29.8 Å². The van der Waals surface area contributed by atoms with Crippen LogP contribution in [-0.4, -0.2) is 205 Å². The molecule has 22 heteroatoms. The summed E-state index contributed by atoms with van der Waals surface area (Å²) >= 11 is 1.39. The number of amides is 1. The van der Waals surface area contributed by atoms with Crippen LogP contribution in [-0.2, 0) is 50.9 Å². The van der Waals surface area contributed by atoms with Gasteiger partial charge in [0.1, 0.15) is 36.1 Å². The zero-order valence-electron chi connectivity index (χ0n) is 44.2. The summed E-state index contributed by atoms with van der Waals surface area (Å²) in [7, 11) is 5.24. The molecule has 6 rings (SSSR count). The lowest BCUT2D eigenvalue weighted by molar-refractivity contribution is -0.318. The average Bonchev–Trinajstić information content (AvgIpc) is 4.05. The summed E-state index contributed by atoms with van der Waals surface area (Å²) in [6.45, 7) is 20.9. The number of carbonyl (C=O) groups is 2. The van der Waals surface area contributed by atoms with Crippen LogP contribution in [0.1, 0.15) is 106 Å². The lowest BCUT2D eigenvalue weighted by atomic mass is 9.77. The second kappa shape index (κ2) is 23.3. The van der Waals surface area contributed by atoms with Crippen molar-refractivity contribution in [3.8, 4) is 0 Å². The Labute approximate surface area is 423 Å². The number of nitrogens with zero attached hydrogens (tertiary/aromatic N) is 7. The predicted molar refractivity (Wildman–Crippen MR) is 261 cm³/mol. The number of methoxy groups -OCH3 is 1. The molecule has 0 aliphatic carbocycles. The van der Waals surface area contributed by atoms with Crippen molar-refractivity contribution < 1.29 is 68.3 Å². The van der Waals surface area contributed by atoms with Crippen LogP contribution in [0.4, 0.5) is 9.93 Å². The highest BCUT2D eigenvalue weighted by Gasteiger charge is 2.53. The van der Waals surface area contributed by atoms with E-state index in [1.54, 1.807) is 46.2 Å². The largest absolute Gasteiger partial charge is 0.459 e. The Bertz CT molecular complexity index is 2060. The fraction of sp³-hybridized carbons (Fsp3) is 0.857. The van der Waals surface area contributed by atoms with Crippen LogP contribution in [0.25, 0.3) is 0 Å². The van der Waals surface area contributed by atoms with Gasteiger partial charge in [0.05, 0.1) is 66.0 Å². The molecule has 4 saturated heterocycles. The maximum atomic E-state index is 14.5. The van der Waals surface area contributed by atoms with Crippen LogP contribution in [0, 0.1) is 24.7 Å². The molecular weight excluding hydrogens is 943 g/mol. The van der Waals surface area contributed by atoms with Crippen molar-refractivity contribution >= 4 is 28.5 Å².